The summed E-state index contributed by atoms with van der Waals surface area (Å²) >= 11 is 0. The van der Waals surface area contributed by atoms with Crippen molar-refractivity contribution < 1.29 is 4.79 Å². The molecule has 1 amide bonds. The lowest BCUT2D eigenvalue weighted by molar-refractivity contribution is 0.0963. The van der Waals surface area contributed by atoms with E-state index in [4.69, 9.17) is 0 Å². The van der Waals surface area contributed by atoms with Crippen molar-refractivity contribution in [1.82, 2.24) is 19.9 Å². The van der Waals surface area contributed by atoms with Gasteiger partial charge in [-0.05, 0) is 36.4 Å². The monoisotopic (exact) mass is 343 g/mol. The molecule has 0 aliphatic carbocycles. The highest BCUT2D eigenvalue weighted by Crippen LogP contribution is 2.21. The summed E-state index contributed by atoms with van der Waals surface area (Å²) in [4.78, 5) is 16.1. The lowest BCUT2D eigenvalue weighted by Crippen LogP contribution is -2.17. The van der Waals surface area contributed by atoms with Gasteiger partial charge in [0.15, 0.2) is 5.65 Å². The number of benzene rings is 2. The highest BCUT2D eigenvalue weighted by atomic mass is 16.1. The van der Waals surface area contributed by atoms with Crippen LogP contribution < -0.4 is 10.6 Å². The molecule has 0 saturated carbocycles. The number of rotatable bonds is 4. The summed E-state index contributed by atoms with van der Waals surface area (Å²) in [6.45, 7) is 0. The molecule has 4 aromatic rings. The molecular formula is C20H17N5O. The van der Waals surface area contributed by atoms with Gasteiger partial charge in [0, 0.05) is 23.9 Å². The maximum Gasteiger partial charge on any atom is 0.251 e. The maximum absolute atomic E-state index is 11.6. The fourth-order valence-electron chi connectivity index (χ4n) is 2.76. The van der Waals surface area contributed by atoms with Gasteiger partial charge in [-0.1, -0.05) is 36.4 Å². The predicted octanol–water partition coefficient (Wildman–Crippen LogP) is 3.50. The van der Waals surface area contributed by atoms with E-state index in [1.54, 1.807) is 19.2 Å². The summed E-state index contributed by atoms with van der Waals surface area (Å²) in [5.74, 6) is 0.385. The number of carbonyl (C=O) groups excluding carboxylic acids is 1. The van der Waals surface area contributed by atoms with Crippen LogP contribution in [0.4, 0.5) is 11.6 Å². The molecule has 0 bridgehead atoms. The molecule has 0 unspecified atom stereocenters. The Bertz CT molecular complexity index is 1050. The van der Waals surface area contributed by atoms with Gasteiger partial charge in [-0.25, -0.2) is 4.52 Å². The second-order valence-electron chi connectivity index (χ2n) is 5.76. The number of hydrogen-bond donors (Lipinski definition) is 2. The molecule has 2 heterocycles. The molecule has 0 fully saturated rings. The third-order valence-corrected chi connectivity index (χ3v) is 4.06. The van der Waals surface area contributed by atoms with E-state index in [0.29, 0.717) is 11.5 Å². The van der Waals surface area contributed by atoms with Crippen molar-refractivity contribution in [2.45, 2.75) is 0 Å². The Kier molecular flexibility index (Phi) is 4.07. The number of hydrogen-bond acceptors (Lipinski definition) is 4. The summed E-state index contributed by atoms with van der Waals surface area (Å²) in [5, 5.41) is 10.4. The first-order valence-corrected chi connectivity index (χ1v) is 8.25. The highest BCUT2D eigenvalue weighted by Gasteiger charge is 2.09. The lowest BCUT2D eigenvalue weighted by atomic mass is 10.1. The molecule has 0 aliphatic rings. The molecular weight excluding hydrogens is 326 g/mol. The van der Waals surface area contributed by atoms with Crippen LogP contribution >= 0.6 is 0 Å². The molecule has 6 nitrogen and oxygen atoms in total. The first-order chi connectivity index (χ1) is 12.7. The van der Waals surface area contributed by atoms with Crippen molar-refractivity contribution in [2.75, 3.05) is 12.4 Å². The van der Waals surface area contributed by atoms with E-state index < -0.39 is 0 Å². The standard InChI is InChI=1S/C20H17N5O/c1-21-19(26)15-10-12-16(13-11-15)22-20-23-18-9-5-8-17(25(18)24-20)14-6-3-2-4-7-14/h2-13H,1H3,(H,21,26)(H,22,24). The number of fused-ring (bicyclic) bond motifs is 1. The molecule has 128 valence electrons. The summed E-state index contributed by atoms with van der Waals surface area (Å²) in [6.07, 6.45) is 0. The van der Waals surface area contributed by atoms with Crippen molar-refractivity contribution in [3.05, 3.63) is 78.4 Å². The Hall–Kier alpha value is -3.67. The normalized spacial score (nSPS) is 10.7. The van der Waals surface area contributed by atoms with Crippen molar-refractivity contribution >= 4 is 23.2 Å². The fraction of sp³-hybridized carbons (Fsp3) is 0.0500. The van der Waals surface area contributed by atoms with Gasteiger partial charge in [-0.15, -0.1) is 5.10 Å². The summed E-state index contributed by atoms with van der Waals surface area (Å²) in [7, 11) is 1.61. The van der Waals surface area contributed by atoms with Gasteiger partial charge in [-0.2, -0.15) is 4.98 Å². The van der Waals surface area contributed by atoms with Gasteiger partial charge in [0.25, 0.3) is 5.91 Å². The van der Waals surface area contributed by atoms with Crippen LogP contribution in [0.25, 0.3) is 16.9 Å². The van der Waals surface area contributed by atoms with Crippen LogP contribution in [0.5, 0.6) is 0 Å². The minimum atomic E-state index is -0.116. The molecule has 0 atom stereocenters. The van der Waals surface area contributed by atoms with E-state index in [0.717, 1.165) is 22.6 Å². The van der Waals surface area contributed by atoms with E-state index >= 15 is 0 Å². The van der Waals surface area contributed by atoms with Crippen molar-refractivity contribution in [3.63, 3.8) is 0 Å². The second-order valence-corrected chi connectivity index (χ2v) is 5.76. The van der Waals surface area contributed by atoms with E-state index in [2.05, 4.69) is 20.7 Å². The first kappa shape index (κ1) is 15.8. The number of nitrogens with one attached hydrogen (secondary N) is 2. The first-order valence-electron chi connectivity index (χ1n) is 8.25. The Balaban J connectivity index is 1.65. The Labute approximate surface area is 150 Å². The second kappa shape index (κ2) is 6.68. The van der Waals surface area contributed by atoms with Crippen LogP contribution in [0.1, 0.15) is 10.4 Å². The van der Waals surface area contributed by atoms with Gasteiger partial charge >= 0.3 is 0 Å². The van der Waals surface area contributed by atoms with Gasteiger partial charge < -0.3 is 10.6 Å². The number of carbonyl (C=O) groups is 1. The third kappa shape index (κ3) is 3.00. The van der Waals surface area contributed by atoms with Crippen molar-refractivity contribution in [3.8, 4) is 11.3 Å². The quantitative estimate of drug-likeness (QED) is 0.595. The zero-order valence-corrected chi connectivity index (χ0v) is 14.2. The number of amides is 1. The maximum atomic E-state index is 11.6. The minimum Gasteiger partial charge on any atom is -0.355 e. The van der Waals surface area contributed by atoms with Crippen LogP contribution in [0.15, 0.2) is 72.8 Å². The van der Waals surface area contributed by atoms with Gasteiger partial charge in [0.05, 0.1) is 5.69 Å². The summed E-state index contributed by atoms with van der Waals surface area (Å²) in [5.41, 5.74) is 4.22. The van der Waals surface area contributed by atoms with Crippen LogP contribution in [-0.2, 0) is 0 Å². The van der Waals surface area contributed by atoms with Crippen molar-refractivity contribution in [1.29, 1.82) is 0 Å². The largest absolute Gasteiger partial charge is 0.355 e. The zero-order chi connectivity index (χ0) is 17.9. The third-order valence-electron chi connectivity index (χ3n) is 4.06. The van der Waals surface area contributed by atoms with E-state index in [9.17, 15) is 4.79 Å². The molecule has 0 spiro atoms. The van der Waals surface area contributed by atoms with Crippen LogP contribution in [0.3, 0.4) is 0 Å². The Morgan fingerprint density at radius 1 is 0.923 bits per heavy atom. The molecule has 0 aliphatic heterocycles. The SMILES string of the molecule is CNC(=O)c1ccc(Nc2nc3cccc(-c4ccccc4)n3n2)cc1. The zero-order valence-electron chi connectivity index (χ0n) is 14.2. The van der Waals surface area contributed by atoms with E-state index in [1.165, 1.54) is 0 Å². The van der Waals surface area contributed by atoms with Gasteiger partial charge in [-0.3, -0.25) is 4.79 Å². The van der Waals surface area contributed by atoms with Crippen LogP contribution in [0, 0.1) is 0 Å². The number of pyridine rings is 1. The average Bonchev–Trinajstić information content (AvgIpc) is 3.11. The Morgan fingerprint density at radius 3 is 2.42 bits per heavy atom. The number of aromatic nitrogens is 3. The summed E-state index contributed by atoms with van der Waals surface area (Å²) < 4.78 is 1.82. The fourth-order valence-corrected chi connectivity index (χ4v) is 2.76. The minimum absolute atomic E-state index is 0.116. The number of anilines is 2. The molecule has 26 heavy (non-hydrogen) atoms. The molecule has 2 aromatic carbocycles. The van der Waals surface area contributed by atoms with E-state index in [-0.39, 0.29) is 5.91 Å². The molecule has 2 aromatic heterocycles. The molecule has 0 radical (unpaired) electrons. The van der Waals surface area contributed by atoms with Crippen LogP contribution in [0.2, 0.25) is 0 Å². The predicted molar refractivity (Wildman–Crippen MR) is 102 cm³/mol. The molecule has 2 N–H and O–H groups in total. The van der Waals surface area contributed by atoms with Crippen molar-refractivity contribution in [2.24, 2.45) is 0 Å². The smallest absolute Gasteiger partial charge is 0.251 e. The van der Waals surface area contributed by atoms with E-state index in [1.807, 2.05) is 65.2 Å². The average molecular weight is 343 g/mol. The molecule has 6 heteroatoms. The topological polar surface area (TPSA) is 71.3 Å². The summed E-state index contributed by atoms with van der Waals surface area (Å²) in [6, 6.07) is 23.1. The van der Waals surface area contributed by atoms with Gasteiger partial charge in [0.2, 0.25) is 5.95 Å². The Morgan fingerprint density at radius 2 is 1.69 bits per heavy atom. The molecule has 4 rings (SSSR count). The van der Waals surface area contributed by atoms with Crippen LogP contribution in [-0.4, -0.2) is 27.6 Å². The highest BCUT2D eigenvalue weighted by molar-refractivity contribution is 5.94. The number of nitrogens with zero attached hydrogens (tertiary/aromatic N) is 3. The molecule has 0 saturated heterocycles. The lowest BCUT2D eigenvalue weighted by Gasteiger charge is -2.04. The van der Waals surface area contributed by atoms with Gasteiger partial charge in [0.1, 0.15) is 0 Å².